The third-order valence-corrected chi connectivity index (χ3v) is 5.11. The minimum absolute atomic E-state index is 0.177. The number of nitrogens with zero attached hydrogens (tertiary/aromatic N) is 1. The van der Waals surface area contributed by atoms with E-state index in [9.17, 15) is 4.79 Å². The zero-order valence-electron chi connectivity index (χ0n) is 12.4. The maximum atomic E-state index is 11.8. The molecular formula is C14H28N2O. The van der Waals surface area contributed by atoms with Crippen molar-refractivity contribution in [3.63, 3.8) is 0 Å². The molecule has 0 aliphatic heterocycles. The topological polar surface area (TPSA) is 32.3 Å². The maximum Gasteiger partial charge on any atom is 0.236 e. The summed E-state index contributed by atoms with van der Waals surface area (Å²) in [5.41, 5.74) is 0.792. The minimum Gasteiger partial charge on any atom is -0.342 e. The Labute approximate surface area is 106 Å². The quantitative estimate of drug-likeness (QED) is 0.798. The zero-order chi connectivity index (χ0) is 13.4. The third kappa shape index (κ3) is 2.65. The summed E-state index contributed by atoms with van der Waals surface area (Å²) in [6, 6.07) is 0.276. The van der Waals surface area contributed by atoms with Gasteiger partial charge in [-0.3, -0.25) is 4.79 Å². The highest BCUT2D eigenvalue weighted by molar-refractivity contribution is 5.78. The number of nitrogens with one attached hydrogen (secondary N) is 1. The highest BCUT2D eigenvalue weighted by Gasteiger charge is 2.63. The Balaban J connectivity index is 2.29. The molecule has 0 spiro atoms. The first-order chi connectivity index (χ1) is 7.62. The van der Waals surface area contributed by atoms with Crippen LogP contribution in [0, 0.1) is 16.7 Å². The normalized spacial score (nSPS) is 21.6. The Kier molecular flexibility index (Phi) is 3.92. The molecular weight excluding hydrogens is 212 g/mol. The molecule has 0 atom stereocenters. The van der Waals surface area contributed by atoms with Crippen molar-refractivity contribution in [3.05, 3.63) is 0 Å². The molecule has 0 unspecified atom stereocenters. The first-order valence-corrected chi connectivity index (χ1v) is 6.58. The number of carbonyl (C=O) groups excluding carboxylic acids is 1. The summed E-state index contributed by atoms with van der Waals surface area (Å²) in [4.78, 5) is 13.6. The molecule has 1 rings (SSSR count). The zero-order valence-corrected chi connectivity index (χ0v) is 12.4. The Bertz CT molecular complexity index is 281. The van der Waals surface area contributed by atoms with Crippen LogP contribution in [0.1, 0.15) is 41.5 Å². The summed E-state index contributed by atoms with van der Waals surface area (Å²) in [6.07, 6.45) is 0. The van der Waals surface area contributed by atoms with Gasteiger partial charge in [0.2, 0.25) is 5.91 Å². The molecule has 1 fully saturated rings. The number of amides is 1. The van der Waals surface area contributed by atoms with Crippen molar-refractivity contribution in [1.29, 1.82) is 0 Å². The number of carbonyl (C=O) groups is 1. The van der Waals surface area contributed by atoms with Crippen molar-refractivity contribution in [3.8, 4) is 0 Å². The molecule has 17 heavy (non-hydrogen) atoms. The molecule has 3 heteroatoms. The van der Waals surface area contributed by atoms with Crippen LogP contribution < -0.4 is 5.32 Å². The lowest BCUT2D eigenvalue weighted by Gasteiger charge is -2.21. The Morgan fingerprint density at radius 1 is 1.24 bits per heavy atom. The van der Waals surface area contributed by atoms with Gasteiger partial charge in [-0.2, -0.15) is 0 Å². The van der Waals surface area contributed by atoms with Gasteiger partial charge in [0.05, 0.1) is 6.54 Å². The van der Waals surface area contributed by atoms with E-state index in [4.69, 9.17) is 0 Å². The second kappa shape index (κ2) is 4.60. The number of likely N-dealkylation sites (N-methyl/N-ethyl adjacent to an activating group) is 1. The van der Waals surface area contributed by atoms with Crippen LogP contribution in [-0.4, -0.2) is 37.0 Å². The van der Waals surface area contributed by atoms with Crippen molar-refractivity contribution >= 4 is 5.91 Å². The van der Waals surface area contributed by atoms with Crippen molar-refractivity contribution < 1.29 is 4.79 Å². The second-order valence-electron chi connectivity index (χ2n) is 6.73. The van der Waals surface area contributed by atoms with E-state index in [-0.39, 0.29) is 11.9 Å². The van der Waals surface area contributed by atoms with E-state index in [2.05, 4.69) is 33.0 Å². The minimum atomic E-state index is 0.177. The summed E-state index contributed by atoms with van der Waals surface area (Å²) < 4.78 is 0. The van der Waals surface area contributed by atoms with Gasteiger partial charge in [0.1, 0.15) is 0 Å². The van der Waals surface area contributed by atoms with E-state index in [1.807, 2.05) is 20.9 Å². The van der Waals surface area contributed by atoms with Gasteiger partial charge in [-0.25, -0.2) is 0 Å². The highest BCUT2D eigenvalue weighted by atomic mass is 16.2. The fourth-order valence-corrected chi connectivity index (χ4v) is 2.58. The molecule has 0 radical (unpaired) electrons. The summed E-state index contributed by atoms with van der Waals surface area (Å²) in [5.74, 6) is 0.850. The monoisotopic (exact) mass is 240 g/mol. The summed E-state index contributed by atoms with van der Waals surface area (Å²) in [7, 11) is 1.86. The summed E-state index contributed by atoms with van der Waals surface area (Å²) >= 11 is 0. The standard InChI is InChI=1S/C14H28N2O/c1-10(2)16(7)12(17)9-15-8-11-13(3,4)14(11,5)6/h10-11,15H,8-9H2,1-7H3. The van der Waals surface area contributed by atoms with Crippen LogP contribution in [0.2, 0.25) is 0 Å². The number of hydrogen-bond donors (Lipinski definition) is 1. The lowest BCUT2D eigenvalue weighted by Crippen LogP contribution is -2.40. The molecule has 0 aromatic heterocycles. The van der Waals surface area contributed by atoms with Crippen LogP contribution in [-0.2, 0) is 4.79 Å². The van der Waals surface area contributed by atoms with E-state index in [0.717, 1.165) is 6.54 Å². The van der Waals surface area contributed by atoms with E-state index in [1.165, 1.54) is 0 Å². The average Bonchev–Trinajstić information content (AvgIpc) is 2.58. The summed E-state index contributed by atoms with van der Waals surface area (Å²) in [6.45, 7) is 14.7. The van der Waals surface area contributed by atoms with E-state index in [1.54, 1.807) is 4.90 Å². The lowest BCUT2D eigenvalue weighted by atomic mass is 10.0. The first-order valence-electron chi connectivity index (χ1n) is 6.58. The van der Waals surface area contributed by atoms with Gasteiger partial charge >= 0.3 is 0 Å². The van der Waals surface area contributed by atoms with Crippen LogP contribution in [0.25, 0.3) is 0 Å². The molecule has 1 aliphatic carbocycles. The van der Waals surface area contributed by atoms with Crippen LogP contribution in [0.4, 0.5) is 0 Å². The van der Waals surface area contributed by atoms with Crippen molar-refractivity contribution in [2.75, 3.05) is 20.1 Å². The van der Waals surface area contributed by atoms with Crippen LogP contribution in [0.15, 0.2) is 0 Å². The fourth-order valence-electron chi connectivity index (χ4n) is 2.58. The van der Waals surface area contributed by atoms with E-state index < -0.39 is 0 Å². The van der Waals surface area contributed by atoms with Crippen molar-refractivity contribution in [2.24, 2.45) is 16.7 Å². The third-order valence-electron chi connectivity index (χ3n) is 5.11. The van der Waals surface area contributed by atoms with Crippen LogP contribution in [0.3, 0.4) is 0 Å². The lowest BCUT2D eigenvalue weighted by molar-refractivity contribution is -0.130. The van der Waals surface area contributed by atoms with Crippen molar-refractivity contribution in [2.45, 2.75) is 47.6 Å². The molecule has 0 saturated heterocycles. The van der Waals surface area contributed by atoms with Gasteiger partial charge in [-0.1, -0.05) is 27.7 Å². The smallest absolute Gasteiger partial charge is 0.236 e. The highest BCUT2D eigenvalue weighted by Crippen LogP contribution is 2.67. The molecule has 0 aromatic rings. The maximum absolute atomic E-state index is 11.8. The first kappa shape index (κ1) is 14.5. The largest absolute Gasteiger partial charge is 0.342 e. The fraction of sp³-hybridized carbons (Fsp3) is 0.929. The molecule has 0 aromatic carbocycles. The molecule has 3 nitrogen and oxygen atoms in total. The summed E-state index contributed by atoms with van der Waals surface area (Å²) in [5, 5.41) is 3.30. The van der Waals surface area contributed by atoms with E-state index in [0.29, 0.717) is 23.3 Å². The van der Waals surface area contributed by atoms with Gasteiger partial charge < -0.3 is 10.2 Å². The van der Waals surface area contributed by atoms with Gasteiger partial charge in [0.15, 0.2) is 0 Å². The molecule has 0 bridgehead atoms. The van der Waals surface area contributed by atoms with Crippen LogP contribution in [0.5, 0.6) is 0 Å². The molecule has 1 saturated carbocycles. The SMILES string of the molecule is CC(C)N(C)C(=O)CNCC1C(C)(C)C1(C)C. The Morgan fingerprint density at radius 2 is 1.71 bits per heavy atom. The Morgan fingerprint density at radius 3 is 2.06 bits per heavy atom. The predicted molar refractivity (Wildman–Crippen MR) is 71.8 cm³/mol. The Hall–Kier alpha value is -0.570. The molecule has 100 valence electrons. The van der Waals surface area contributed by atoms with Gasteiger partial charge in [0.25, 0.3) is 0 Å². The van der Waals surface area contributed by atoms with Gasteiger partial charge in [0, 0.05) is 13.1 Å². The van der Waals surface area contributed by atoms with E-state index >= 15 is 0 Å². The number of rotatable bonds is 5. The van der Waals surface area contributed by atoms with Crippen LogP contribution >= 0.6 is 0 Å². The second-order valence-corrected chi connectivity index (χ2v) is 6.73. The van der Waals surface area contributed by atoms with Gasteiger partial charge in [-0.15, -0.1) is 0 Å². The average molecular weight is 240 g/mol. The molecule has 0 heterocycles. The molecule has 1 N–H and O–H groups in total. The molecule has 1 amide bonds. The van der Waals surface area contributed by atoms with Gasteiger partial charge in [-0.05, 0) is 37.1 Å². The van der Waals surface area contributed by atoms with Crippen molar-refractivity contribution in [1.82, 2.24) is 10.2 Å². The predicted octanol–water partition coefficient (Wildman–Crippen LogP) is 2.12. The number of hydrogen-bond acceptors (Lipinski definition) is 2. The molecule has 1 aliphatic rings.